The van der Waals surface area contributed by atoms with Crippen LogP contribution in [0, 0.1) is 5.82 Å². The molecule has 2 aliphatic heterocycles. The fourth-order valence-electron chi connectivity index (χ4n) is 3.62. The number of hydrogen-bond acceptors (Lipinski definition) is 6. The number of ether oxygens (including phenoxy) is 1. The maximum Gasteiger partial charge on any atom is 0.236 e. The minimum atomic E-state index is -0.424. The second kappa shape index (κ2) is 8.92. The Morgan fingerprint density at radius 2 is 1.83 bits per heavy atom. The molecule has 0 atom stereocenters. The summed E-state index contributed by atoms with van der Waals surface area (Å²) in [7, 11) is 0. The molecular formula is C20H23ClFN5O2. The lowest BCUT2D eigenvalue weighted by Gasteiger charge is -2.35. The van der Waals surface area contributed by atoms with Gasteiger partial charge in [0.1, 0.15) is 23.7 Å². The highest BCUT2D eigenvalue weighted by molar-refractivity contribution is 6.32. The van der Waals surface area contributed by atoms with Gasteiger partial charge < -0.3 is 14.5 Å². The predicted octanol–water partition coefficient (Wildman–Crippen LogP) is 2.81. The molecule has 9 heteroatoms. The number of hydrogen-bond donors (Lipinski definition) is 0. The third kappa shape index (κ3) is 4.94. The van der Waals surface area contributed by atoms with Crippen molar-refractivity contribution in [3.8, 4) is 11.6 Å². The Morgan fingerprint density at radius 1 is 1.07 bits per heavy atom. The molecule has 0 N–H and O–H groups in total. The fraction of sp³-hybridized carbons (Fsp3) is 0.450. The van der Waals surface area contributed by atoms with Crippen molar-refractivity contribution in [2.45, 2.75) is 12.8 Å². The maximum atomic E-state index is 13.2. The van der Waals surface area contributed by atoms with Crippen LogP contribution in [0.5, 0.6) is 11.6 Å². The first-order valence-corrected chi connectivity index (χ1v) is 10.2. The van der Waals surface area contributed by atoms with E-state index in [0.717, 1.165) is 57.9 Å². The molecule has 7 nitrogen and oxygen atoms in total. The normalized spacial score (nSPS) is 17.6. The number of aromatic nitrogens is 2. The molecule has 0 bridgehead atoms. The number of rotatable bonds is 5. The van der Waals surface area contributed by atoms with Gasteiger partial charge in [0.05, 0.1) is 11.6 Å². The van der Waals surface area contributed by atoms with Gasteiger partial charge in [-0.1, -0.05) is 11.6 Å². The van der Waals surface area contributed by atoms with E-state index in [1.165, 1.54) is 24.5 Å². The third-order valence-corrected chi connectivity index (χ3v) is 5.55. The number of carbonyl (C=O) groups excluding carboxylic acids is 1. The van der Waals surface area contributed by atoms with Crippen LogP contribution < -0.4 is 9.64 Å². The molecule has 2 fully saturated rings. The van der Waals surface area contributed by atoms with E-state index in [-0.39, 0.29) is 10.9 Å². The molecule has 29 heavy (non-hydrogen) atoms. The second-order valence-electron chi connectivity index (χ2n) is 7.24. The zero-order chi connectivity index (χ0) is 20.2. The summed E-state index contributed by atoms with van der Waals surface area (Å²) in [6.45, 7) is 5.38. The summed E-state index contributed by atoms with van der Waals surface area (Å²) < 4.78 is 18.9. The molecule has 0 spiro atoms. The van der Waals surface area contributed by atoms with E-state index in [1.54, 1.807) is 6.07 Å². The molecule has 2 aliphatic rings. The van der Waals surface area contributed by atoms with E-state index >= 15 is 0 Å². The number of amides is 1. The van der Waals surface area contributed by atoms with Crippen molar-refractivity contribution in [3.63, 3.8) is 0 Å². The van der Waals surface area contributed by atoms with Gasteiger partial charge in [-0.2, -0.15) is 0 Å². The highest BCUT2D eigenvalue weighted by Crippen LogP contribution is 2.30. The van der Waals surface area contributed by atoms with Crippen molar-refractivity contribution < 1.29 is 13.9 Å². The van der Waals surface area contributed by atoms with E-state index < -0.39 is 5.82 Å². The molecule has 2 saturated heterocycles. The van der Waals surface area contributed by atoms with Gasteiger partial charge in [-0.05, 0) is 31.0 Å². The van der Waals surface area contributed by atoms with Crippen LogP contribution in [0.3, 0.4) is 0 Å². The Bertz CT molecular complexity index is 870. The monoisotopic (exact) mass is 419 g/mol. The SMILES string of the molecule is O=C(CN1CCN(c2cc(Oc3ccc(F)cc3Cl)ncn2)CC1)N1CCCC1. The average molecular weight is 420 g/mol. The van der Waals surface area contributed by atoms with Crippen LogP contribution in [0.4, 0.5) is 10.2 Å². The molecular weight excluding hydrogens is 397 g/mol. The number of piperazine rings is 1. The molecule has 0 radical (unpaired) electrons. The number of likely N-dealkylation sites (tertiary alicyclic amines) is 1. The van der Waals surface area contributed by atoms with Gasteiger partial charge >= 0.3 is 0 Å². The standard InChI is InChI=1S/C20H23ClFN5O2/c21-16-11-15(22)3-4-17(16)29-19-12-18(23-14-24-19)26-9-7-25(8-10-26)13-20(28)27-5-1-2-6-27/h3-4,11-12,14H,1-2,5-10,13H2. The number of halogens is 2. The molecule has 0 unspecified atom stereocenters. The van der Waals surface area contributed by atoms with E-state index in [9.17, 15) is 9.18 Å². The van der Waals surface area contributed by atoms with Gasteiger partial charge in [0, 0.05) is 45.3 Å². The number of anilines is 1. The van der Waals surface area contributed by atoms with Crippen molar-refractivity contribution in [2.75, 3.05) is 50.7 Å². The predicted molar refractivity (Wildman–Crippen MR) is 108 cm³/mol. The zero-order valence-electron chi connectivity index (χ0n) is 16.1. The van der Waals surface area contributed by atoms with Crippen LogP contribution in [-0.4, -0.2) is 71.5 Å². The maximum absolute atomic E-state index is 13.2. The first-order valence-electron chi connectivity index (χ1n) is 9.78. The van der Waals surface area contributed by atoms with E-state index in [0.29, 0.717) is 18.2 Å². The Morgan fingerprint density at radius 3 is 2.55 bits per heavy atom. The largest absolute Gasteiger partial charge is 0.437 e. The number of nitrogens with zero attached hydrogens (tertiary/aromatic N) is 5. The van der Waals surface area contributed by atoms with Crippen molar-refractivity contribution in [2.24, 2.45) is 0 Å². The zero-order valence-corrected chi connectivity index (χ0v) is 16.8. The average Bonchev–Trinajstić information content (AvgIpc) is 3.26. The quantitative estimate of drug-likeness (QED) is 0.742. The summed E-state index contributed by atoms with van der Waals surface area (Å²) in [6, 6.07) is 5.69. The highest BCUT2D eigenvalue weighted by Gasteiger charge is 2.24. The Kier molecular flexibility index (Phi) is 6.10. The van der Waals surface area contributed by atoms with E-state index in [1.807, 2.05) is 4.90 Å². The molecule has 0 saturated carbocycles. The lowest BCUT2D eigenvalue weighted by Crippen LogP contribution is -2.50. The summed E-state index contributed by atoms with van der Waals surface area (Å²) in [5.74, 6) is 1.23. The topological polar surface area (TPSA) is 61.8 Å². The van der Waals surface area contributed by atoms with Crippen LogP contribution in [-0.2, 0) is 4.79 Å². The third-order valence-electron chi connectivity index (χ3n) is 5.25. The number of benzene rings is 1. The molecule has 154 valence electrons. The van der Waals surface area contributed by atoms with Gasteiger partial charge in [0.2, 0.25) is 11.8 Å². The molecule has 3 heterocycles. The molecule has 4 rings (SSSR count). The summed E-state index contributed by atoms with van der Waals surface area (Å²) in [4.78, 5) is 27.1. The molecule has 1 aromatic carbocycles. The van der Waals surface area contributed by atoms with Gasteiger partial charge in [-0.3, -0.25) is 9.69 Å². The van der Waals surface area contributed by atoms with Crippen LogP contribution >= 0.6 is 11.6 Å². The highest BCUT2D eigenvalue weighted by atomic mass is 35.5. The summed E-state index contributed by atoms with van der Waals surface area (Å²) in [5, 5.41) is 0.182. The Balaban J connectivity index is 1.34. The van der Waals surface area contributed by atoms with Crippen LogP contribution in [0.25, 0.3) is 0 Å². The minimum Gasteiger partial charge on any atom is -0.437 e. The van der Waals surface area contributed by atoms with Crippen molar-refractivity contribution in [1.29, 1.82) is 0 Å². The Hall–Kier alpha value is -2.45. The smallest absolute Gasteiger partial charge is 0.236 e. The van der Waals surface area contributed by atoms with E-state index in [2.05, 4.69) is 19.8 Å². The lowest BCUT2D eigenvalue weighted by molar-refractivity contribution is -0.131. The molecule has 0 aliphatic carbocycles. The van der Waals surface area contributed by atoms with Gasteiger partial charge in [0.25, 0.3) is 0 Å². The van der Waals surface area contributed by atoms with Crippen LogP contribution in [0.2, 0.25) is 5.02 Å². The summed E-state index contributed by atoms with van der Waals surface area (Å²) in [6.07, 6.45) is 3.66. The lowest BCUT2D eigenvalue weighted by atomic mass is 10.3. The van der Waals surface area contributed by atoms with E-state index in [4.69, 9.17) is 16.3 Å². The second-order valence-corrected chi connectivity index (χ2v) is 7.65. The minimum absolute atomic E-state index is 0.182. The van der Waals surface area contributed by atoms with Crippen molar-refractivity contribution in [3.05, 3.63) is 41.4 Å². The van der Waals surface area contributed by atoms with Crippen LogP contribution in [0.1, 0.15) is 12.8 Å². The molecule has 1 aromatic heterocycles. The fourth-order valence-corrected chi connectivity index (χ4v) is 3.83. The molecule has 1 amide bonds. The molecule has 2 aromatic rings. The summed E-state index contributed by atoms with van der Waals surface area (Å²) in [5.41, 5.74) is 0. The number of carbonyl (C=O) groups is 1. The first kappa shape index (κ1) is 19.8. The van der Waals surface area contributed by atoms with Gasteiger partial charge in [-0.25, -0.2) is 14.4 Å². The van der Waals surface area contributed by atoms with Gasteiger partial charge in [0.15, 0.2) is 0 Å². The summed E-state index contributed by atoms with van der Waals surface area (Å²) >= 11 is 6.02. The van der Waals surface area contributed by atoms with Crippen molar-refractivity contribution >= 4 is 23.3 Å². The Labute approximate surface area is 174 Å². The van der Waals surface area contributed by atoms with Crippen molar-refractivity contribution in [1.82, 2.24) is 19.8 Å². The van der Waals surface area contributed by atoms with Crippen LogP contribution in [0.15, 0.2) is 30.6 Å². The van der Waals surface area contributed by atoms with Gasteiger partial charge in [-0.15, -0.1) is 0 Å². The first-order chi connectivity index (χ1) is 14.1.